The van der Waals surface area contributed by atoms with Crippen LogP contribution in [0.4, 0.5) is 5.69 Å². The highest BCUT2D eigenvalue weighted by Crippen LogP contribution is 2.16. The molecule has 0 atom stereocenters. The van der Waals surface area contributed by atoms with Crippen molar-refractivity contribution in [1.29, 1.82) is 0 Å². The molecule has 2 aromatic carbocycles. The van der Waals surface area contributed by atoms with Gasteiger partial charge in [0, 0.05) is 23.3 Å². The maximum atomic E-state index is 10.8. The van der Waals surface area contributed by atoms with Crippen LogP contribution in [0.15, 0.2) is 66.0 Å². The predicted molar refractivity (Wildman–Crippen MR) is 81.5 cm³/mol. The van der Waals surface area contributed by atoms with E-state index in [1.54, 1.807) is 12.1 Å². The third-order valence-corrected chi connectivity index (χ3v) is 2.97. The fourth-order valence-corrected chi connectivity index (χ4v) is 1.94. The molecule has 0 aliphatic heterocycles. The smallest absolute Gasteiger partial charge is 0.258 e. The van der Waals surface area contributed by atoms with Crippen LogP contribution in [0.25, 0.3) is 11.4 Å². The van der Waals surface area contributed by atoms with E-state index in [0.717, 1.165) is 5.56 Å². The molecule has 1 aromatic heterocycles. The number of non-ortho nitro benzene ring substituents is 1. The number of nitro benzene ring substituents is 1. The summed E-state index contributed by atoms with van der Waals surface area (Å²) < 4.78 is 1.52. The first kappa shape index (κ1) is 13.6. The van der Waals surface area contributed by atoms with E-state index >= 15 is 0 Å². The van der Waals surface area contributed by atoms with Crippen molar-refractivity contribution in [1.82, 2.24) is 14.9 Å². The molecule has 7 heteroatoms. The Balaban J connectivity index is 1.90. The van der Waals surface area contributed by atoms with Crippen molar-refractivity contribution in [2.75, 3.05) is 0 Å². The summed E-state index contributed by atoms with van der Waals surface area (Å²) in [4.78, 5) is 10.3. The van der Waals surface area contributed by atoms with Crippen LogP contribution in [-0.4, -0.2) is 26.0 Å². The highest BCUT2D eigenvalue weighted by Gasteiger charge is 2.06. The maximum absolute atomic E-state index is 10.8. The molecule has 3 rings (SSSR count). The summed E-state index contributed by atoms with van der Waals surface area (Å²) in [5, 5.41) is 22.9. The van der Waals surface area contributed by atoms with Gasteiger partial charge in [0.1, 0.15) is 6.33 Å². The second-order valence-electron chi connectivity index (χ2n) is 4.46. The zero-order valence-electron chi connectivity index (χ0n) is 11.4. The van der Waals surface area contributed by atoms with Crippen molar-refractivity contribution in [2.24, 2.45) is 5.10 Å². The van der Waals surface area contributed by atoms with E-state index < -0.39 is 4.92 Å². The highest BCUT2D eigenvalue weighted by molar-refractivity contribution is 5.80. The Kier molecular flexibility index (Phi) is 3.69. The van der Waals surface area contributed by atoms with Gasteiger partial charge in [-0.3, -0.25) is 10.1 Å². The quantitative estimate of drug-likeness (QED) is 0.420. The van der Waals surface area contributed by atoms with E-state index in [0.29, 0.717) is 11.4 Å². The Labute approximate surface area is 125 Å². The van der Waals surface area contributed by atoms with Crippen LogP contribution >= 0.6 is 0 Å². The molecule has 0 aliphatic carbocycles. The fourth-order valence-electron chi connectivity index (χ4n) is 1.94. The highest BCUT2D eigenvalue weighted by atomic mass is 16.6. The van der Waals surface area contributed by atoms with Gasteiger partial charge in [0.15, 0.2) is 5.82 Å². The van der Waals surface area contributed by atoms with Crippen LogP contribution in [0, 0.1) is 10.1 Å². The lowest BCUT2D eigenvalue weighted by molar-refractivity contribution is -0.384. The lowest BCUT2D eigenvalue weighted by Gasteiger charge is -2.00. The largest absolute Gasteiger partial charge is 0.270 e. The van der Waals surface area contributed by atoms with Crippen LogP contribution in [-0.2, 0) is 0 Å². The van der Waals surface area contributed by atoms with Crippen LogP contribution in [0.2, 0.25) is 0 Å². The number of hydrogen-bond donors (Lipinski definition) is 0. The summed E-state index contributed by atoms with van der Waals surface area (Å²) in [6, 6.07) is 15.8. The molecule has 0 spiro atoms. The summed E-state index contributed by atoms with van der Waals surface area (Å²) in [5.41, 5.74) is 1.54. The van der Waals surface area contributed by atoms with Crippen molar-refractivity contribution in [3.05, 3.63) is 76.6 Å². The minimum absolute atomic E-state index is 0.0241. The SMILES string of the molecule is O=[N+]([O-])c1cccc(/C=N\n2cnnc2-c2ccccc2)c1. The van der Waals surface area contributed by atoms with Gasteiger partial charge < -0.3 is 0 Å². The van der Waals surface area contributed by atoms with Crippen molar-refractivity contribution in [3.63, 3.8) is 0 Å². The van der Waals surface area contributed by atoms with Crippen LogP contribution in [0.3, 0.4) is 0 Å². The van der Waals surface area contributed by atoms with Gasteiger partial charge in [0.05, 0.1) is 11.1 Å². The molecular weight excluding hydrogens is 282 g/mol. The summed E-state index contributed by atoms with van der Waals surface area (Å²) in [6.45, 7) is 0. The number of aromatic nitrogens is 3. The zero-order chi connectivity index (χ0) is 15.4. The van der Waals surface area contributed by atoms with Gasteiger partial charge in [-0.1, -0.05) is 42.5 Å². The van der Waals surface area contributed by atoms with Gasteiger partial charge in [-0.15, -0.1) is 10.2 Å². The first-order chi connectivity index (χ1) is 10.7. The normalized spacial score (nSPS) is 10.9. The lowest BCUT2D eigenvalue weighted by Crippen LogP contribution is -1.94. The molecule has 0 saturated heterocycles. The first-order valence-corrected chi connectivity index (χ1v) is 6.48. The summed E-state index contributed by atoms with van der Waals surface area (Å²) in [7, 11) is 0. The number of nitro groups is 1. The van der Waals surface area contributed by atoms with E-state index in [9.17, 15) is 10.1 Å². The third kappa shape index (κ3) is 2.88. The van der Waals surface area contributed by atoms with E-state index in [1.165, 1.54) is 29.4 Å². The molecule has 7 nitrogen and oxygen atoms in total. The Morgan fingerprint density at radius 2 is 1.95 bits per heavy atom. The van der Waals surface area contributed by atoms with Gasteiger partial charge >= 0.3 is 0 Å². The Hall–Kier alpha value is -3.35. The van der Waals surface area contributed by atoms with Crippen molar-refractivity contribution < 1.29 is 4.92 Å². The molecule has 0 amide bonds. The minimum atomic E-state index is -0.439. The summed E-state index contributed by atoms with van der Waals surface area (Å²) >= 11 is 0. The van der Waals surface area contributed by atoms with Crippen molar-refractivity contribution in [3.8, 4) is 11.4 Å². The van der Waals surface area contributed by atoms with E-state index in [2.05, 4.69) is 15.3 Å². The molecule has 1 heterocycles. The standard InChI is InChI=1S/C15H11N5O2/c21-20(22)14-8-4-5-12(9-14)10-17-19-11-16-18-15(19)13-6-2-1-3-7-13/h1-11H/b17-10-. The summed E-state index contributed by atoms with van der Waals surface area (Å²) in [5.74, 6) is 0.599. The van der Waals surface area contributed by atoms with E-state index in [1.807, 2.05) is 30.3 Å². The second-order valence-corrected chi connectivity index (χ2v) is 4.46. The van der Waals surface area contributed by atoms with Gasteiger partial charge in [-0.25, -0.2) is 0 Å². The monoisotopic (exact) mass is 293 g/mol. The average molecular weight is 293 g/mol. The number of benzene rings is 2. The van der Waals surface area contributed by atoms with Crippen LogP contribution in [0.5, 0.6) is 0 Å². The molecule has 0 saturated carbocycles. The van der Waals surface area contributed by atoms with Gasteiger partial charge in [-0.05, 0) is 0 Å². The predicted octanol–water partition coefficient (Wildman–Crippen LogP) is 2.74. The number of hydrogen-bond acceptors (Lipinski definition) is 5. The molecule has 0 aliphatic rings. The molecule has 108 valence electrons. The maximum Gasteiger partial charge on any atom is 0.270 e. The Morgan fingerprint density at radius 1 is 1.14 bits per heavy atom. The molecule has 0 fully saturated rings. The van der Waals surface area contributed by atoms with Gasteiger partial charge in [-0.2, -0.15) is 9.78 Å². The fraction of sp³-hybridized carbons (Fsp3) is 0. The molecular formula is C15H11N5O2. The van der Waals surface area contributed by atoms with Crippen LogP contribution in [0.1, 0.15) is 5.56 Å². The lowest BCUT2D eigenvalue weighted by atomic mass is 10.2. The molecule has 3 aromatic rings. The number of rotatable bonds is 4. The van der Waals surface area contributed by atoms with E-state index in [4.69, 9.17) is 0 Å². The number of nitrogens with zero attached hydrogens (tertiary/aromatic N) is 5. The van der Waals surface area contributed by atoms with Gasteiger partial charge in [0.25, 0.3) is 5.69 Å². The third-order valence-electron chi connectivity index (χ3n) is 2.97. The van der Waals surface area contributed by atoms with Crippen molar-refractivity contribution >= 4 is 11.9 Å². The molecule has 0 unspecified atom stereocenters. The first-order valence-electron chi connectivity index (χ1n) is 6.48. The van der Waals surface area contributed by atoms with Crippen molar-refractivity contribution in [2.45, 2.75) is 0 Å². The molecule has 0 bridgehead atoms. The second kappa shape index (κ2) is 5.96. The Bertz CT molecular complexity index is 827. The minimum Gasteiger partial charge on any atom is -0.258 e. The van der Waals surface area contributed by atoms with Crippen LogP contribution < -0.4 is 0 Å². The topological polar surface area (TPSA) is 86.2 Å². The molecule has 0 N–H and O–H groups in total. The molecule has 0 radical (unpaired) electrons. The average Bonchev–Trinajstić information content (AvgIpc) is 3.02. The summed E-state index contributed by atoms with van der Waals surface area (Å²) in [6.07, 6.45) is 3.01. The zero-order valence-corrected chi connectivity index (χ0v) is 11.4. The molecule has 22 heavy (non-hydrogen) atoms. The Morgan fingerprint density at radius 3 is 2.73 bits per heavy atom. The van der Waals surface area contributed by atoms with Gasteiger partial charge in [0.2, 0.25) is 0 Å². The van der Waals surface area contributed by atoms with E-state index in [-0.39, 0.29) is 5.69 Å².